The molecule has 0 heterocycles. The van der Waals surface area contributed by atoms with Crippen LogP contribution in [0.2, 0.25) is 5.02 Å². The number of methoxy groups -OCH3 is 2. The van der Waals surface area contributed by atoms with E-state index in [9.17, 15) is 21.6 Å². The predicted octanol–water partition coefficient (Wildman–Crippen LogP) is 4.06. The molecule has 1 N–H and O–H groups in total. The molecule has 0 spiro atoms. The normalized spacial score (nSPS) is 11.8. The standard InChI is InChI=1S/C15H13ClF3NO5S/c1-23-13-8-14(24-2)12(7-11(13)16)20-26(21,22)10-5-3-9(4-6-10)25-15(17,18)19/h3-8,20H,1-2H3. The van der Waals surface area contributed by atoms with Crippen LogP contribution in [0, 0.1) is 0 Å². The molecule has 0 radical (unpaired) electrons. The van der Waals surface area contributed by atoms with Gasteiger partial charge in [0.1, 0.15) is 17.2 Å². The molecular weight excluding hydrogens is 399 g/mol. The summed E-state index contributed by atoms with van der Waals surface area (Å²) in [6.07, 6.45) is -4.87. The van der Waals surface area contributed by atoms with Crippen LogP contribution >= 0.6 is 11.6 Å². The Morgan fingerprint density at radius 2 is 1.58 bits per heavy atom. The smallest absolute Gasteiger partial charge is 0.495 e. The minimum Gasteiger partial charge on any atom is -0.495 e. The number of ether oxygens (including phenoxy) is 3. The molecule has 0 fully saturated rings. The molecule has 0 saturated carbocycles. The molecule has 0 unspecified atom stereocenters. The van der Waals surface area contributed by atoms with Crippen LogP contribution in [0.4, 0.5) is 18.9 Å². The van der Waals surface area contributed by atoms with Crippen molar-refractivity contribution in [3.8, 4) is 17.2 Å². The fraction of sp³-hybridized carbons (Fsp3) is 0.200. The zero-order valence-corrected chi connectivity index (χ0v) is 15.0. The highest BCUT2D eigenvalue weighted by Crippen LogP contribution is 2.37. The minimum absolute atomic E-state index is 0.0360. The van der Waals surface area contributed by atoms with E-state index >= 15 is 0 Å². The van der Waals surface area contributed by atoms with Crippen molar-refractivity contribution >= 4 is 27.3 Å². The summed E-state index contributed by atoms with van der Waals surface area (Å²) in [6.45, 7) is 0. The maximum atomic E-state index is 12.4. The van der Waals surface area contributed by atoms with Gasteiger partial charge in [-0.2, -0.15) is 0 Å². The molecule has 0 aromatic heterocycles. The lowest BCUT2D eigenvalue weighted by molar-refractivity contribution is -0.274. The largest absolute Gasteiger partial charge is 0.573 e. The lowest BCUT2D eigenvalue weighted by Gasteiger charge is -2.14. The number of nitrogens with one attached hydrogen (secondary N) is 1. The van der Waals surface area contributed by atoms with Gasteiger partial charge in [-0.15, -0.1) is 13.2 Å². The summed E-state index contributed by atoms with van der Waals surface area (Å²) in [5.41, 5.74) is 0.0360. The topological polar surface area (TPSA) is 73.9 Å². The van der Waals surface area contributed by atoms with Gasteiger partial charge in [0.15, 0.2) is 0 Å². The van der Waals surface area contributed by atoms with Crippen LogP contribution in [0.5, 0.6) is 17.2 Å². The van der Waals surface area contributed by atoms with Gasteiger partial charge in [0, 0.05) is 6.07 Å². The fourth-order valence-corrected chi connectivity index (χ4v) is 3.27. The SMILES string of the molecule is COc1cc(OC)c(NS(=O)(=O)c2ccc(OC(F)(F)F)cc2)cc1Cl. The molecule has 0 aliphatic rings. The molecule has 0 aliphatic carbocycles. The van der Waals surface area contributed by atoms with E-state index in [-0.39, 0.29) is 27.1 Å². The van der Waals surface area contributed by atoms with Crippen molar-refractivity contribution < 1.29 is 35.8 Å². The highest BCUT2D eigenvalue weighted by molar-refractivity contribution is 7.92. The van der Waals surface area contributed by atoms with Crippen molar-refractivity contribution in [3.05, 3.63) is 41.4 Å². The number of rotatable bonds is 6. The maximum Gasteiger partial charge on any atom is 0.573 e. The zero-order chi connectivity index (χ0) is 19.5. The lowest BCUT2D eigenvalue weighted by Crippen LogP contribution is -2.17. The van der Waals surface area contributed by atoms with Crippen molar-refractivity contribution in [2.45, 2.75) is 11.3 Å². The summed E-state index contributed by atoms with van der Waals surface area (Å²) in [7, 11) is -1.40. The number of alkyl halides is 3. The first kappa shape index (κ1) is 20.0. The van der Waals surface area contributed by atoms with E-state index < -0.39 is 22.1 Å². The second-order valence-corrected chi connectivity index (χ2v) is 6.90. The summed E-state index contributed by atoms with van der Waals surface area (Å²) < 4.78 is 77.4. The fourth-order valence-electron chi connectivity index (χ4n) is 1.96. The summed E-state index contributed by atoms with van der Waals surface area (Å²) in [4.78, 5) is -0.277. The van der Waals surface area contributed by atoms with Gasteiger partial charge in [-0.05, 0) is 30.3 Å². The van der Waals surface area contributed by atoms with E-state index in [1.165, 1.54) is 26.4 Å². The van der Waals surface area contributed by atoms with Crippen molar-refractivity contribution in [2.75, 3.05) is 18.9 Å². The Labute approximate surface area is 152 Å². The molecule has 0 atom stereocenters. The van der Waals surface area contributed by atoms with Crippen LogP contribution in [0.3, 0.4) is 0 Å². The second kappa shape index (κ2) is 7.50. The van der Waals surface area contributed by atoms with Gasteiger partial charge < -0.3 is 14.2 Å². The van der Waals surface area contributed by atoms with E-state index in [0.29, 0.717) is 0 Å². The van der Waals surface area contributed by atoms with Crippen LogP contribution in [-0.2, 0) is 10.0 Å². The number of anilines is 1. The second-order valence-electron chi connectivity index (χ2n) is 4.81. The molecule has 0 bridgehead atoms. The number of hydrogen-bond acceptors (Lipinski definition) is 5. The highest BCUT2D eigenvalue weighted by Gasteiger charge is 2.31. The third-order valence-corrected chi connectivity index (χ3v) is 4.76. The molecule has 6 nitrogen and oxygen atoms in total. The number of hydrogen-bond donors (Lipinski definition) is 1. The monoisotopic (exact) mass is 411 g/mol. The van der Waals surface area contributed by atoms with Gasteiger partial charge in [-0.1, -0.05) is 11.6 Å². The van der Waals surface area contributed by atoms with E-state index in [2.05, 4.69) is 9.46 Å². The first-order valence-electron chi connectivity index (χ1n) is 6.86. The van der Waals surface area contributed by atoms with Crippen molar-refractivity contribution in [2.24, 2.45) is 0 Å². The summed E-state index contributed by atoms with van der Waals surface area (Å²) >= 11 is 5.98. The maximum absolute atomic E-state index is 12.4. The summed E-state index contributed by atoms with van der Waals surface area (Å²) in [6, 6.07) is 6.40. The van der Waals surface area contributed by atoms with Crippen LogP contribution in [-0.4, -0.2) is 29.0 Å². The lowest BCUT2D eigenvalue weighted by atomic mass is 10.3. The Morgan fingerprint density at radius 1 is 1.00 bits per heavy atom. The molecule has 2 aromatic carbocycles. The third-order valence-electron chi connectivity index (χ3n) is 3.09. The summed E-state index contributed by atoms with van der Waals surface area (Å²) in [5.74, 6) is -0.117. The molecule has 2 rings (SSSR count). The van der Waals surface area contributed by atoms with Crippen LogP contribution in [0.1, 0.15) is 0 Å². The van der Waals surface area contributed by atoms with Crippen LogP contribution in [0.15, 0.2) is 41.3 Å². The molecule has 0 saturated heterocycles. The van der Waals surface area contributed by atoms with Gasteiger partial charge in [-0.3, -0.25) is 4.72 Å². The molecule has 11 heteroatoms. The Hall–Kier alpha value is -2.33. The van der Waals surface area contributed by atoms with Crippen molar-refractivity contribution in [3.63, 3.8) is 0 Å². The quantitative estimate of drug-likeness (QED) is 0.776. The van der Waals surface area contributed by atoms with Crippen LogP contribution in [0.25, 0.3) is 0 Å². The van der Waals surface area contributed by atoms with Crippen molar-refractivity contribution in [1.82, 2.24) is 0 Å². The molecule has 26 heavy (non-hydrogen) atoms. The average Bonchev–Trinajstić information content (AvgIpc) is 2.54. The molecule has 142 valence electrons. The van der Waals surface area contributed by atoms with E-state index in [1.54, 1.807) is 0 Å². The van der Waals surface area contributed by atoms with E-state index in [0.717, 1.165) is 24.3 Å². The van der Waals surface area contributed by atoms with Crippen molar-refractivity contribution in [1.29, 1.82) is 0 Å². The van der Waals surface area contributed by atoms with Crippen LogP contribution < -0.4 is 18.9 Å². The summed E-state index contributed by atoms with van der Waals surface area (Å²) in [5, 5.41) is 0.139. The van der Waals surface area contributed by atoms with Gasteiger partial charge in [-0.25, -0.2) is 8.42 Å². The van der Waals surface area contributed by atoms with Gasteiger partial charge in [0.05, 0.1) is 29.8 Å². The third kappa shape index (κ3) is 4.85. The molecular formula is C15H13ClF3NO5S. The van der Waals surface area contributed by atoms with E-state index in [4.69, 9.17) is 21.1 Å². The first-order chi connectivity index (χ1) is 12.1. The van der Waals surface area contributed by atoms with Gasteiger partial charge in [0.25, 0.3) is 10.0 Å². The first-order valence-corrected chi connectivity index (χ1v) is 8.72. The Kier molecular flexibility index (Phi) is 5.77. The molecule has 0 aliphatic heterocycles. The highest BCUT2D eigenvalue weighted by atomic mass is 35.5. The number of benzene rings is 2. The number of halogens is 4. The van der Waals surface area contributed by atoms with Gasteiger partial charge in [0.2, 0.25) is 0 Å². The zero-order valence-electron chi connectivity index (χ0n) is 13.4. The molecule has 0 amide bonds. The minimum atomic E-state index is -4.87. The predicted molar refractivity (Wildman–Crippen MR) is 88.5 cm³/mol. The average molecular weight is 412 g/mol. The Morgan fingerprint density at radius 3 is 2.08 bits per heavy atom. The van der Waals surface area contributed by atoms with E-state index in [1.807, 2.05) is 0 Å². The Balaban J connectivity index is 2.30. The molecule has 2 aromatic rings. The Bertz CT molecular complexity index is 885. The number of sulfonamides is 1. The van der Waals surface area contributed by atoms with Gasteiger partial charge >= 0.3 is 6.36 Å².